The lowest BCUT2D eigenvalue weighted by Gasteiger charge is -1.99. The molecule has 0 aliphatic heterocycles. The van der Waals surface area contributed by atoms with Crippen LogP contribution in [0.3, 0.4) is 0 Å². The molecule has 13 heavy (non-hydrogen) atoms. The second-order valence-corrected chi connectivity index (χ2v) is 2.82. The predicted molar refractivity (Wildman–Crippen MR) is 47.0 cm³/mol. The average molecular weight is 216 g/mol. The van der Waals surface area contributed by atoms with Crippen LogP contribution in [0.5, 0.6) is 0 Å². The van der Waals surface area contributed by atoms with Crippen molar-refractivity contribution < 1.29 is 0 Å². The smallest absolute Gasteiger partial charge is 0.240 e. The SMILES string of the molecule is Clc1nc(Cl)nc(-n2ccnc2)n1. The van der Waals surface area contributed by atoms with Gasteiger partial charge in [-0.2, -0.15) is 15.0 Å². The summed E-state index contributed by atoms with van der Waals surface area (Å²) < 4.78 is 1.58. The third-order valence-electron chi connectivity index (χ3n) is 1.30. The molecule has 0 radical (unpaired) electrons. The zero-order valence-corrected chi connectivity index (χ0v) is 7.74. The van der Waals surface area contributed by atoms with Crippen LogP contribution >= 0.6 is 23.2 Å². The Bertz CT molecular complexity index is 393. The summed E-state index contributed by atoms with van der Waals surface area (Å²) in [5.74, 6) is 0.350. The molecule has 0 aliphatic carbocycles. The topological polar surface area (TPSA) is 56.5 Å². The van der Waals surface area contributed by atoms with Crippen molar-refractivity contribution in [2.75, 3.05) is 0 Å². The highest BCUT2D eigenvalue weighted by Crippen LogP contribution is 2.08. The van der Waals surface area contributed by atoms with Gasteiger partial charge in [-0.1, -0.05) is 0 Å². The molecule has 5 nitrogen and oxygen atoms in total. The molecule has 0 atom stereocenters. The first-order valence-electron chi connectivity index (χ1n) is 3.31. The number of halogens is 2. The van der Waals surface area contributed by atoms with Gasteiger partial charge in [0.05, 0.1) is 0 Å². The third kappa shape index (κ3) is 1.76. The van der Waals surface area contributed by atoms with Crippen molar-refractivity contribution in [3.05, 3.63) is 29.3 Å². The Morgan fingerprint density at radius 2 is 1.77 bits per heavy atom. The Kier molecular flexibility index (Phi) is 2.12. The van der Waals surface area contributed by atoms with E-state index in [0.717, 1.165) is 0 Å². The van der Waals surface area contributed by atoms with Crippen molar-refractivity contribution in [3.63, 3.8) is 0 Å². The van der Waals surface area contributed by atoms with Crippen LogP contribution in [-0.4, -0.2) is 24.5 Å². The van der Waals surface area contributed by atoms with E-state index in [1.54, 1.807) is 23.3 Å². The number of imidazole rings is 1. The minimum absolute atomic E-state index is 0.0590. The zero-order chi connectivity index (χ0) is 9.26. The van der Waals surface area contributed by atoms with E-state index >= 15 is 0 Å². The standard InChI is InChI=1S/C6H3Cl2N5/c7-4-10-5(8)12-6(11-4)13-2-1-9-3-13/h1-3H. The van der Waals surface area contributed by atoms with Crippen LogP contribution < -0.4 is 0 Å². The molecular weight excluding hydrogens is 213 g/mol. The van der Waals surface area contributed by atoms with Crippen molar-refractivity contribution in [2.24, 2.45) is 0 Å². The fraction of sp³-hybridized carbons (Fsp3) is 0. The Labute approximate surface area is 83.4 Å². The molecule has 2 aromatic heterocycles. The Morgan fingerprint density at radius 3 is 2.31 bits per heavy atom. The average Bonchev–Trinajstić information content (AvgIpc) is 2.53. The lowest BCUT2D eigenvalue weighted by Crippen LogP contribution is -2.00. The Morgan fingerprint density at radius 1 is 1.08 bits per heavy atom. The maximum absolute atomic E-state index is 5.59. The fourth-order valence-corrected chi connectivity index (χ4v) is 1.16. The molecule has 0 saturated heterocycles. The van der Waals surface area contributed by atoms with Crippen LogP contribution in [0, 0.1) is 0 Å². The van der Waals surface area contributed by atoms with Crippen LogP contribution in [-0.2, 0) is 0 Å². The van der Waals surface area contributed by atoms with Gasteiger partial charge < -0.3 is 0 Å². The molecular formula is C6H3Cl2N5. The molecule has 0 aromatic carbocycles. The van der Waals surface area contributed by atoms with E-state index in [1.807, 2.05) is 0 Å². The number of rotatable bonds is 1. The van der Waals surface area contributed by atoms with Gasteiger partial charge in [-0.05, 0) is 23.2 Å². The minimum Gasteiger partial charge on any atom is -0.274 e. The first-order valence-corrected chi connectivity index (χ1v) is 4.07. The van der Waals surface area contributed by atoms with Gasteiger partial charge in [0, 0.05) is 12.4 Å². The monoisotopic (exact) mass is 215 g/mol. The predicted octanol–water partition coefficient (Wildman–Crippen LogP) is 1.36. The molecule has 7 heteroatoms. The summed E-state index contributed by atoms with van der Waals surface area (Å²) in [6.07, 6.45) is 4.83. The molecule has 0 spiro atoms. The number of nitrogens with zero attached hydrogens (tertiary/aromatic N) is 5. The maximum atomic E-state index is 5.59. The molecule has 0 aliphatic rings. The quantitative estimate of drug-likeness (QED) is 0.722. The van der Waals surface area contributed by atoms with Gasteiger partial charge in [0.25, 0.3) is 0 Å². The molecule has 0 fully saturated rings. The van der Waals surface area contributed by atoms with E-state index in [-0.39, 0.29) is 10.6 Å². The lowest BCUT2D eigenvalue weighted by molar-refractivity contribution is 0.894. The highest BCUT2D eigenvalue weighted by molar-refractivity contribution is 6.31. The molecule has 0 N–H and O–H groups in total. The van der Waals surface area contributed by atoms with Gasteiger partial charge in [0.2, 0.25) is 16.5 Å². The van der Waals surface area contributed by atoms with Crippen LogP contribution in [0.1, 0.15) is 0 Å². The highest BCUT2D eigenvalue weighted by Gasteiger charge is 2.03. The highest BCUT2D eigenvalue weighted by atomic mass is 35.5. The van der Waals surface area contributed by atoms with Gasteiger partial charge in [-0.3, -0.25) is 4.57 Å². The lowest BCUT2D eigenvalue weighted by atomic mass is 10.8. The summed E-state index contributed by atoms with van der Waals surface area (Å²) in [5, 5.41) is 0.118. The van der Waals surface area contributed by atoms with E-state index in [4.69, 9.17) is 23.2 Å². The van der Waals surface area contributed by atoms with Crippen LogP contribution in [0.4, 0.5) is 0 Å². The zero-order valence-electron chi connectivity index (χ0n) is 6.22. The second-order valence-electron chi connectivity index (χ2n) is 2.14. The van der Waals surface area contributed by atoms with E-state index in [9.17, 15) is 0 Å². The van der Waals surface area contributed by atoms with Crippen molar-refractivity contribution in [1.29, 1.82) is 0 Å². The van der Waals surface area contributed by atoms with E-state index in [2.05, 4.69) is 19.9 Å². The van der Waals surface area contributed by atoms with Crippen molar-refractivity contribution in [2.45, 2.75) is 0 Å². The molecule has 66 valence electrons. The molecule has 2 heterocycles. The maximum Gasteiger partial charge on any atom is 0.240 e. The van der Waals surface area contributed by atoms with Crippen LogP contribution in [0.25, 0.3) is 5.95 Å². The molecule has 0 saturated carbocycles. The molecule has 2 rings (SSSR count). The summed E-state index contributed by atoms with van der Waals surface area (Å²) in [6, 6.07) is 0. The van der Waals surface area contributed by atoms with Crippen molar-refractivity contribution in [3.8, 4) is 5.95 Å². The van der Waals surface area contributed by atoms with E-state index < -0.39 is 0 Å². The largest absolute Gasteiger partial charge is 0.274 e. The van der Waals surface area contributed by atoms with Gasteiger partial charge in [-0.15, -0.1) is 0 Å². The normalized spacial score (nSPS) is 10.3. The van der Waals surface area contributed by atoms with Crippen LogP contribution in [0.15, 0.2) is 18.7 Å². The van der Waals surface area contributed by atoms with E-state index in [0.29, 0.717) is 5.95 Å². The first kappa shape index (κ1) is 8.40. The summed E-state index contributed by atoms with van der Waals surface area (Å²) in [6.45, 7) is 0. The van der Waals surface area contributed by atoms with Crippen molar-refractivity contribution >= 4 is 23.2 Å². The third-order valence-corrected chi connectivity index (χ3v) is 1.64. The number of aromatic nitrogens is 5. The van der Waals surface area contributed by atoms with Crippen molar-refractivity contribution in [1.82, 2.24) is 24.5 Å². The fourth-order valence-electron chi connectivity index (χ4n) is 0.809. The summed E-state index contributed by atoms with van der Waals surface area (Å²) in [5.41, 5.74) is 0. The molecule has 0 amide bonds. The van der Waals surface area contributed by atoms with Gasteiger partial charge >= 0.3 is 0 Å². The summed E-state index contributed by atoms with van der Waals surface area (Å²) in [7, 11) is 0. The summed E-state index contributed by atoms with van der Waals surface area (Å²) in [4.78, 5) is 15.2. The Hall–Kier alpha value is -1.20. The first-order chi connectivity index (χ1) is 6.25. The van der Waals surface area contributed by atoms with Gasteiger partial charge in [0.15, 0.2) is 0 Å². The van der Waals surface area contributed by atoms with Crippen LogP contribution in [0.2, 0.25) is 10.6 Å². The molecule has 2 aromatic rings. The van der Waals surface area contributed by atoms with Gasteiger partial charge in [0.1, 0.15) is 6.33 Å². The van der Waals surface area contributed by atoms with Gasteiger partial charge in [-0.25, -0.2) is 4.98 Å². The summed E-state index contributed by atoms with van der Waals surface area (Å²) >= 11 is 11.2. The minimum atomic E-state index is 0.0590. The number of hydrogen-bond donors (Lipinski definition) is 0. The second kappa shape index (κ2) is 3.27. The Balaban J connectivity index is 2.53. The van der Waals surface area contributed by atoms with E-state index in [1.165, 1.54) is 0 Å². The molecule has 0 unspecified atom stereocenters. The molecule has 0 bridgehead atoms. The number of hydrogen-bond acceptors (Lipinski definition) is 4.